The number of rotatable bonds is 13. The van der Waals surface area contributed by atoms with E-state index in [-0.39, 0.29) is 44.0 Å². The highest BCUT2D eigenvalue weighted by Gasteiger charge is 2.23. The minimum Gasteiger partial charge on any atom is -0.497 e. The molecule has 26 nitrogen and oxygen atoms in total. The zero-order valence-electron chi connectivity index (χ0n) is 63.2. The standard InChI is InChI=1S/4C20H16N2O4S.C3H7NO/c4*1-10-6-11(2)18-13(7-10)17(23)14(9-26-18)19(24)22-20-21-15-5-4-12(25-3)8-16(15)27-20;1-4(2)3-5/h4*4-9H,1-3H3,(H,21,22,24);3H,1-2H3. The maximum absolute atomic E-state index is 12.8. The molecule has 16 aromatic rings. The molecule has 30 heteroatoms. The summed E-state index contributed by atoms with van der Waals surface area (Å²) in [4.78, 5) is 130. The van der Waals surface area contributed by atoms with Gasteiger partial charge in [-0.05, 0) is 197 Å². The van der Waals surface area contributed by atoms with Crippen LogP contribution in [0.4, 0.5) is 20.5 Å². The number of carbonyl (C=O) groups excluding carboxylic acids is 5. The molecule has 0 spiro atoms. The van der Waals surface area contributed by atoms with Gasteiger partial charge in [0.25, 0.3) is 23.6 Å². The molecule has 574 valence electrons. The van der Waals surface area contributed by atoms with Crippen molar-refractivity contribution in [3.05, 3.63) is 254 Å². The number of thiazole rings is 4. The first kappa shape index (κ1) is 79.3. The SMILES string of the molecule is CN(C)C=O.COc1ccc2nc(NC(=O)c3coc4c(C)cc(C)cc4c3=O)sc2c1.COc1ccc2nc(NC(=O)c3coc4c(C)cc(C)cc4c3=O)sc2c1.COc1ccc2nc(NC(=O)c3coc4c(C)cc(C)cc4c3=O)sc2c1.COc1ccc2nc(NC(=O)c3coc4c(C)cc(C)cc4c3=O)sc2c1. The fourth-order valence-corrected chi connectivity index (χ4v) is 15.6. The summed E-state index contributed by atoms with van der Waals surface area (Å²) >= 11 is 5.23. The highest BCUT2D eigenvalue weighted by molar-refractivity contribution is 7.23. The number of carbonyl (C=O) groups is 5. The molecule has 16 rings (SSSR count). The minimum atomic E-state index is -0.546. The Labute approximate surface area is 658 Å². The summed E-state index contributed by atoms with van der Waals surface area (Å²) in [5, 5.41) is 14.0. The van der Waals surface area contributed by atoms with E-state index in [4.69, 9.17) is 36.6 Å². The lowest BCUT2D eigenvalue weighted by atomic mass is 10.1. The van der Waals surface area contributed by atoms with E-state index >= 15 is 0 Å². The molecular formula is C83H71N9O17S4. The fourth-order valence-electron chi connectivity index (χ4n) is 12.0. The van der Waals surface area contributed by atoms with E-state index in [1.807, 2.05) is 128 Å². The number of benzene rings is 8. The van der Waals surface area contributed by atoms with Gasteiger partial charge < -0.3 is 41.5 Å². The van der Waals surface area contributed by atoms with Crippen LogP contribution >= 0.6 is 45.3 Å². The first-order chi connectivity index (χ1) is 54.1. The summed E-state index contributed by atoms with van der Waals surface area (Å²) in [6.45, 7) is 15.1. The van der Waals surface area contributed by atoms with E-state index in [1.54, 1.807) is 91.1 Å². The van der Waals surface area contributed by atoms with Crippen LogP contribution in [0.5, 0.6) is 23.0 Å². The van der Waals surface area contributed by atoms with Crippen molar-refractivity contribution in [2.24, 2.45) is 0 Å². The van der Waals surface area contributed by atoms with E-state index in [9.17, 15) is 43.2 Å². The number of hydrogen-bond acceptors (Lipinski definition) is 25. The molecule has 0 aliphatic rings. The van der Waals surface area contributed by atoms with Gasteiger partial charge in [0.1, 0.15) is 92.6 Å². The van der Waals surface area contributed by atoms with Crippen molar-refractivity contribution in [3.63, 3.8) is 0 Å². The molecule has 8 aromatic carbocycles. The smallest absolute Gasteiger partial charge is 0.264 e. The average molecular weight is 1590 g/mol. The molecule has 0 atom stereocenters. The zero-order chi connectivity index (χ0) is 80.8. The Morgan fingerprint density at radius 1 is 0.345 bits per heavy atom. The second-order valence-corrected chi connectivity index (χ2v) is 30.2. The number of ether oxygens (including phenoxy) is 4. The summed E-state index contributed by atoms with van der Waals surface area (Å²) < 4.78 is 46.5. The van der Waals surface area contributed by atoms with Gasteiger partial charge in [-0.3, -0.25) is 64.4 Å². The Balaban J connectivity index is 0.000000137. The Morgan fingerprint density at radius 2 is 0.549 bits per heavy atom. The van der Waals surface area contributed by atoms with Crippen molar-refractivity contribution in [1.29, 1.82) is 0 Å². The average Bonchev–Trinajstić information content (AvgIpc) is 1.76. The van der Waals surface area contributed by atoms with Crippen molar-refractivity contribution in [2.45, 2.75) is 55.4 Å². The van der Waals surface area contributed by atoms with E-state index in [1.165, 1.54) is 75.3 Å². The van der Waals surface area contributed by atoms with Gasteiger partial charge in [-0.25, -0.2) is 19.9 Å². The summed E-state index contributed by atoms with van der Waals surface area (Å²) in [5.74, 6) is 0.670. The van der Waals surface area contributed by atoms with Gasteiger partial charge in [-0.15, -0.1) is 0 Å². The minimum absolute atomic E-state index is 0.0515. The van der Waals surface area contributed by atoms with Gasteiger partial charge in [0.15, 0.2) is 20.5 Å². The molecule has 0 unspecified atom stereocenters. The number of aromatic nitrogens is 4. The van der Waals surface area contributed by atoms with Crippen LogP contribution in [0.3, 0.4) is 0 Å². The molecule has 4 N–H and O–H groups in total. The Kier molecular flexibility index (Phi) is 23.8. The van der Waals surface area contributed by atoms with Crippen molar-refractivity contribution in [2.75, 3.05) is 63.8 Å². The number of nitrogens with zero attached hydrogens (tertiary/aromatic N) is 5. The third kappa shape index (κ3) is 17.6. The van der Waals surface area contributed by atoms with E-state index in [0.29, 0.717) is 87.4 Å². The molecule has 0 saturated heterocycles. The van der Waals surface area contributed by atoms with Crippen LogP contribution in [0.15, 0.2) is 183 Å². The maximum Gasteiger partial charge on any atom is 0.264 e. The van der Waals surface area contributed by atoms with E-state index in [2.05, 4.69) is 41.2 Å². The number of aryl methyl sites for hydroxylation is 8. The third-order valence-electron chi connectivity index (χ3n) is 17.3. The molecule has 0 saturated carbocycles. The number of fused-ring (bicyclic) bond motifs is 8. The van der Waals surface area contributed by atoms with Crippen LogP contribution in [-0.2, 0) is 4.79 Å². The quantitative estimate of drug-likeness (QED) is 0.0779. The Bertz CT molecular complexity index is 5940. The summed E-state index contributed by atoms with van der Waals surface area (Å²) in [6, 6.07) is 36.5. The third-order valence-corrected chi connectivity index (χ3v) is 21.0. The summed E-state index contributed by atoms with van der Waals surface area (Å²) in [5.41, 5.74) is 10.5. The molecule has 0 aliphatic heterocycles. The van der Waals surface area contributed by atoms with Gasteiger partial charge in [-0.1, -0.05) is 69.6 Å². The van der Waals surface area contributed by atoms with Gasteiger partial charge in [0, 0.05) is 14.1 Å². The lowest BCUT2D eigenvalue weighted by molar-refractivity contribution is -0.115. The van der Waals surface area contributed by atoms with Gasteiger partial charge in [0.05, 0.1) is 90.9 Å². The fraction of sp³-hybridized carbons (Fsp3) is 0.169. The molecule has 0 aliphatic carbocycles. The Hall–Kier alpha value is -13.3. The van der Waals surface area contributed by atoms with Crippen LogP contribution in [0.1, 0.15) is 85.9 Å². The molecule has 8 heterocycles. The first-order valence-corrected chi connectivity index (χ1v) is 37.6. The number of nitrogens with one attached hydrogen (secondary N) is 4. The van der Waals surface area contributed by atoms with Crippen LogP contribution < -0.4 is 61.9 Å². The van der Waals surface area contributed by atoms with Crippen molar-refractivity contribution in [1.82, 2.24) is 24.8 Å². The topological polar surface area (TPSA) is 346 Å². The predicted octanol–water partition coefficient (Wildman–Crippen LogP) is 16.8. The van der Waals surface area contributed by atoms with Crippen LogP contribution in [0.2, 0.25) is 0 Å². The number of anilines is 4. The number of hydrogen-bond donors (Lipinski definition) is 4. The van der Waals surface area contributed by atoms with Crippen molar-refractivity contribution in [3.8, 4) is 23.0 Å². The second kappa shape index (κ2) is 33.9. The normalized spacial score (nSPS) is 10.9. The summed E-state index contributed by atoms with van der Waals surface area (Å²) in [7, 11) is 9.74. The second-order valence-electron chi connectivity index (χ2n) is 26.0. The molecule has 5 amide bonds. The maximum atomic E-state index is 12.8. The predicted molar refractivity (Wildman–Crippen MR) is 444 cm³/mol. The molecule has 8 aromatic heterocycles. The van der Waals surface area contributed by atoms with Crippen LogP contribution in [0, 0.1) is 55.4 Å². The molecule has 0 fully saturated rings. The number of amides is 5. The van der Waals surface area contributed by atoms with E-state index < -0.39 is 23.6 Å². The first-order valence-electron chi connectivity index (χ1n) is 34.4. The van der Waals surface area contributed by atoms with Gasteiger partial charge in [0.2, 0.25) is 28.1 Å². The van der Waals surface area contributed by atoms with Gasteiger partial charge in [-0.2, -0.15) is 0 Å². The summed E-state index contributed by atoms with van der Waals surface area (Å²) in [6.07, 6.45) is 5.58. The largest absolute Gasteiger partial charge is 0.497 e. The van der Waals surface area contributed by atoms with Crippen LogP contribution in [-0.4, -0.2) is 97.4 Å². The molecule has 113 heavy (non-hydrogen) atoms. The lowest BCUT2D eigenvalue weighted by Gasteiger charge is -2.05. The number of methoxy groups -OCH3 is 4. The molecular weight excluding hydrogens is 1520 g/mol. The lowest BCUT2D eigenvalue weighted by Crippen LogP contribution is -2.21. The van der Waals surface area contributed by atoms with Gasteiger partial charge >= 0.3 is 0 Å². The zero-order valence-corrected chi connectivity index (χ0v) is 66.5. The van der Waals surface area contributed by atoms with Crippen molar-refractivity contribution < 1.29 is 60.6 Å². The highest BCUT2D eigenvalue weighted by atomic mass is 32.1. The van der Waals surface area contributed by atoms with E-state index in [0.717, 1.165) is 91.8 Å². The monoisotopic (exact) mass is 1590 g/mol. The Morgan fingerprint density at radius 3 is 0.735 bits per heavy atom. The highest BCUT2D eigenvalue weighted by Crippen LogP contribution is 2.35. The molecule has 0 radical (unpaired) electrons. The molecule has 0 bridgehead atoms. The van der Waals surface area contributed by atoms with Crippen molar-refractivity contribution >= 4 is 181 Å². The van der Waals surface area contributed by atoms with Crippen LogP contribution in [0.25, 0.3) is 84.7 Å².